The van der Waals surface area contributed by atoms with Gasteiger partial charge in [0.15, 0.2) is 0 Å². The summed E-state index contributed by atoms with van der Waals surface area (Å²) in [6.07, 6.45) is 0. The van der Waals surface area contributed by atoms with Gasteiger partial charge in [-0.2, -0.15) is 0 Å². The highest BCUT2D eigenvalue weighted by atomic mass is 127. The van der Waals surface area contributed by atoms with Gasteiger partial charge in [-0.3, -0.25) is 0 Å². The average molecular weight is 400 g/mol. The molecule has 96 valence electrons. The Balaban J connectivity index is 2.26. The lowest BCUT2D eigenvalue weighted by Crippen LogP contribution is -1.82. The van der Waals surface area contributed by atoms with Crippen LogP contribution in [-0.4, -0.2) is 4.98 Å². The monoisotopic (exact) mass is 399 g/mol. The summed E-state index contributed by atoms with van der Waals surface area (Å²) < 4.78 is 2.39. The van der Waals surface area contributed by atoms with Crippen molar-refractivity contribution in [2.45, 2.75) is 13.8 Å². The fraction of sp³-hybridized carbons (Fsp3) is 0.133. The molecule has 0 N–H and O–H groups in total. The summed E-state index contributed by atoms with van der Waals surface area (Å²) in [5.74, 6) is 0. The molecule has 1 heterocycles. The SMILES string of the molecule is Cc1cc(C)c2nc(-c3cc(I)ccc3Cl)sc2c1. The number of aromatic nitrogens is 1. The van der Waals surface area contributed by atoms with E-state index in [2.05, 4.69) is 54.6 Å². The minimum absolute atomic E-state index is 0.758. The topological polar surface area (TPSA) is 12.9 Å². The van der Waals surface area contributed by atoms with E-state index in [-0.39, 0.29) is 0 Å². The number of benzene rings is 2. The molecular weight excluding hydrogens is 389 g/mol. The van der Waals surface area contributed by atoms with Crippen molar-refractivity contribution < 1.29 is 0 Å². The van der Waals surface area contributed by atoms with E-state index < -0.39 is 0 Å². The van der Waals surface area contributed by atoms with Crippen LogP contribution in [0, 0.1) is 17.4 Å². The van der Waals surface area contributed by atoms with Gasteiger partial charge in [-0.15, -0.1) is 11.3 Å². The third kappa shape index (κ3) is 2.51. The molecule has 3 aromatic rings. The second-order valence-corrected chi connectivity index (χ2v) is 7.26. The molecule has 19 heavy (non-hydrogen) atoms. The van der Waals surface area contributed by atoms with E-state index in [1.807, 2.05) is 12.1 Å². The minimum Gasteiger partial charge on any atom is -0.236 e. The van der Waals surface area contributed by atoms with Crippen LogP contribution in [0.3, 0.4) is 0 Å². The van der Waals surface area contributed by atoms with E-state index in [1.165, 1.54) is 19.4 Å². The van der Waals surface area contributed by atoms with Crippen molar-refractivity contribution in [1.82, 2.24) is 4.98 Å². The first-order valence-corrected chi connectivity index (χ1v) is 8.15. The second-order valence-electron chi connectivity index (χ2n) is 4.57. The van der Waals surface area contributed by atoms with Crippen LogP contribution in [0.15, 0.2) is 30.3 Å². The summed E-state index contributed by atoms with van der Waals surface area (Å²) in [5, 5.41) is 1.75. The maximum atomic E-state index is 6.29. The third-order valence-corrected chi connectivity index (χ3v) is 5.02. The number of halogens is 2. The molecule has 4 heteroatoms. The third-order valence-electron chi connectivity index (χ3n) is 2.99. The summed E-state index contributed by atoms with van der Waals surface area (Å²) in [4.78, 5) is 4.76. The van der Waals surface area contributed by atoms with Crippen molar-refractivity contribution in [2.75, 3.05) is 0 Å². The zero-order chi connectivity index (χ0) is 13.6. The first-order chi connectivity index (χ1) is 9.04. The number of hydrogen-bond donors (Lipinski definition) is 0. The molecular formula is C15H11ClINS. The molecule has 0 fully saturated rings. The zero-order valence-corrected chi connectivity index (χ0v) is 14.2. The largest absolute Gasteiger partial charge is 0.236 e. The van der Waals surface area contributed by atoms with Gasteiger partial charge >= 0.3 is 0 Å². The number of nitrogens with zero attached hydrogens (tertiary/aromatic N) is 1. The maximum Gasteiger partial charge on any atom is 0.126 e. The van der Waals surface area contributed by atoms with E-state index in [1.54, 1.807) is 11.3 Å². The van der Waals surface area contributed by atoms with E-state index in [9.17, 15) is 0 Å². The minimum atomic E-state index is 0.758. The van der Waals surface area contributed by atoms with E-state index >= 15 is 0 Å². The van der Waals surface area contributed by atoms with Gasteiger partial charge in [-0.05, 0) is 71.8 Å². The van der Waals surface area contributed by atoms with Gasteiger partial charge in [0.05, 0.1) is 15.2 Å². The van der Waals surface area contributed by atoms with Gasteiger partial charge in [0.1, 0.15) is 5.01 Å². The zero-order valence-electron chi connectivity index (χ0n) is 10.5. The predicted molar refractivity (Wildman–Crippen MR) is 92.3 cm³/mol. The van der Waals surface area contributed by atoms with Crippen molar-refractivity contribution >= 4 is 55.7 Å². The molecule has 0 aliphatic heterocycles. The summed E-state index contributed by atoms with van der Waals surface area (Å²) in [5.41, 5.74) is 4.60. The van der Waals surface area contributed by atoms with Crippen LogP contribution < -0.4 is 0 Å². The Morgan fingerprint density at radius 3 is 2.74 bits per heavy atom. The smallest absolute Gasteiger partial charge is 0.126 e. The van der Waals surface area contributed by atoms with Gasteiger partial charge in [0.2, 0.25) is 0 Å². The Kier molecular flexibility index (Phi) is 3.53. The van der Waals surface area contributed by atoms with E-state index in [0.29, 0.717) is 0 Å². The summed E-state index contributed by atoms with van der Waals surface area (Å²) >= 11 is 10.3. The van der Waals surface area contributed by atoms with Gasteiger partial charge in [-0.25, -0.2) is 4.98 Å². The van der Waals surface area contributed by atoms with Gasteiger partial charge in [0, 0.05) is 9.13 Å². The van der Waals surface area contributed by atoms with E-state index in [4.69, 9.17) is 16.6 Å². The average Bonchev–Trinajstić information content (AvgIpc) is 2.76. The Morgan fingerprint density at radius 2 is 1.95 bits per heavy atom. The molecule has 1 aromatic heterocycles. The standard InChI is InChI=1S/C15H11ClINS/c1-8-5-9(2)14-13(6-8)19-15(18-14)11-7-10(17)3-4-12(11)16/h3-7H,1-2H3. The molecule has 3 rings (SSSR count). The highest BCUT2D eigenvalue weighted by Gasteiger charge is 2.12. The van der Waals surface area contributed by atoms with Crippen molar-refractivity contribution in [3.8, 4) is 10.6 Å². The molecule has 0 radical (unpaired) electrons. The Hall–Kier alpha value is -0.650. The van der Waals surface area contributed by atoms with E-state index in [0.717, 1.165) is 21.1 Å². The van der Waals surface area contributed by atoms with Crippen LogP contribution in [0.4, 0.5) is 0 Å². The van der Waals surface area contributed by atoms with Crippen LogP contribution in [0.1, 0.15) is 11.1 Å². The first-order valence-electron chi connectivity index (χ1n) is 5.88. The fourth-order valence-electron chi connectivity index (χ4n) is 2.15. The Morgan fingerprint density at radius 1 is 1.16 bits per heavy atom. The number of hydrogen-bond acceptors (Lipinski definition) is 2. The summed E-state index contributed by atoms with van der Waals surface area (Å²) in [6, 6.07) is 10.4. The molecule has 0 spiro atoms. The first kappa shape index (κ1) is 13.3. The highest BCUT2D eigenvalue weighted by Crippen LogP contribution is 2.36. The molecule has 0 unspecified atom stereocenters. The van der Waals surface area contributed by atoms with Gasteiger partial charge in [0.25, 0.3) is 0 Å². The van der Waals surface area contributed by atoms with Crippen LogP contribution in [0.25, 0.3) is 20.8 Å². The fourth-order valence-corrected chi connectivity index (χ4v) is 4.07. The van der Waals surface area contributed by atoms with Crippen molar-refractivity contribution in [3.63, 3.8) is 0 Å². The molecule has 0 amide bonds. The lowest BCUT2D eigenvalue weighted by atomic mass is 10.1. The van der Waals surface area contributed by atoms with Crippen molar-refractivity contribution in [2.24, 2.45) is 0 Å². The van der Waals surface area contributed by atoms with Gasteiger partial charge < -0.3 is 0 Å². The number of thiazole rings is 1. The normalized spacial score (nSPS) is 11.2. The molecule has 2 aromatic carbocycles. The molecule has 0 saturated carbocycles. The number of aryl methyl sites for hydroxylation is 2. The molecule has 0 bridgehead atoms. The highest BCUT2D eigenvalue weighted by molar-refractivity contribution is 14.1. The van der Waals surface area contributed by atoms with Crippen LogP contribution >= 0.6 is 45.5 Å². The van der Waals surface area contributed by atoms with Crippen molar-refractivity contribution in [1.29, 1.82) is 0 Å². The lowest BCUT2D eigenvalue weighted by Gasteiger charge is -2.00. The van der Waals surface area contributed by atoms with Crippen LogP contribution in [0.5, 0.6) is 0 Å². The number of fused-ring (bicyclic) bond motifs is 1. The molecule has 0 aliphatic carbocycles. The molecule has 0 aliphatic rings. The number of rotatable bonds is 1. The summed E-state index contributed by atoms with van der Waals surface area (Å²) in [6.45, 7) is 4.22. The second kappa shape index (κ2) is 5.04. The van der Waals surface area contributed by atoms with Crippen LogP contribution in [0.2, 0.25) is 5.02 Å². The Labute approximate surface area is 134 Å². The quantitative estimate of drug-likeness (QED) is 0.469. The van der Waals surface area contributed by atoms with Crippen LogP contribution in [-0.2, 0) is 0 Å². The maximum absolute atomic E-state index is 6.29. The molecule has 1 nitrogen and oxygen atoms in total. The van der Waals surface area contributed by atoms with Gasteiger partial charge in [-0.1, -0.05) is 17.7 Å². The molecule has 0 saturated heterocycles. The van der Waals surface area contributed by atoms with Crippen molar-refractivity contribution in [3.05, 3.63) is 50.1 Å². The molecule has 0 atom stereocenters. The predicted octanol–water partition coefficient (Wildman–Crippen LogP) is 5.84. The summed E-state index contributed by atoms with van der Waals surface area (Å²) in [7, 11) is 0. The Bertz CT molecular complexity index is 779. The lowest BCUT2D eigenvalue weighted by molar-refractivity contribution is 1.38.